The van der Waals surface area contributed by atoms with Crippen molar-refractivity contribution in [2.24, 2.45) is 17.3 Å². The number of epoxide rings is 1. The van der Waals surface area contributed by atoms with Gasteiger partial charge in [-0.05, 0) is 24.7 Å². The summed E-state index contributed by atoms with van der Waals surface area (Å²) in [4.78, 5) is 11.7. The molecule has 0 radical (unpaired) electrons. The van der Waals surface area contributed by atoms with E-state index >= 15 is 0 Å². The lowest BCUT2D eigenvalue weighted by Gasteiger charge is -2.43. The third kappa shape index (κ3) is 2.08. The Morgan fingerprint density at radius 2 is 2.18 bits per heavy atom. The Labute approximate surface area is 104 Å². The van der Waals surface area contributed by atoms with Crippen molar-refractivity contribution >= 4 is 5.78 Å². The third-order valence-corrected chi connectivity index (χ3v) is 4.88. The average molecular weight is 236 g/mol. The van der Waals surface area contributed by atoms with Crippen LogP contribution in [0.5, 0.6) is 0 Å². The highest BCUT2D eigenvalue weighted by Crippen LogP contribution is 2.51. The van der Waals surface area contributed by atoms with Crippen molar-refractivity contribution in [1.82, 2.24) is 0 Å². The van der Waals surface area contributed by atoms with E-state index in [0.29, 0.717) is 18.3 Å². The highest BCUT2D eigenvalue weighted by atomic mass is 16.6. The second-order valence-corrected chi connectivity index (χ2v) is 6.23. The first-order valence-electron chi connectivity index (χ1n) is 6.74. The van der Waals surface area contributed by atoms with Gasteiger partial charge in [-0.2, -0.15) is 0 Å². The molecule has 0 bridgehead atoms. The molecule has 0 saturated carbocycles. The van der Waals surface area contributed by atoms with Crippen LogP contribution in [0.4, 0.5) is 0 Å². The van der Waals surface area contributed by atoms with Gasteiger partial charge in [0.1, 0.15) is 6.10 Å². The van der Waals surface area contributed by atoms with Crippen molar-refractivity contribution in [3.05, 3.63) is 11.6 Å². The first kappa shape index (κ1) is 12.8. The van der Waals surface area contributed by atoms with Gasteiger partial charge in [-0.3, -0.25) is 4.79 Å². The van der Waals surface area contributed by atoms with Crippen LogP contribution in [-0.4, -0.2) is 18.0 Å². The van der Waals surface area contributed by atoms with E-state index in [1.807, 2.05) is 6.92 Å². The minimum Gasteiger partial charge on any atom is -0.361 e. The number of Topliss-reactive ketones (excluding diaryl/α,β-unsaturated/α-hetero) is 1. The summed E-state index contributed by atoms with van der Waals surface area (Å²) in [5, 5.41) is 0. The lowest BCUT2D eigenvalue weighted by molar-refractivity contribution is -0.119. The molecule has 0 aromatic carbocycles. The number of allylic oxidation sites excluding steroid dienone is 1. The molecule has 4 atom stereocenters. The summed E-state index contributed by atoms with van der Waals surface area (Å²) in [5.74, 6) is 1.32. The SMILES string of the molecule is CCC(=O)C1OC1C1C(C)=CCC(C)C1(C)C. The summed E-state index contributed by atoms with van der Waals surface area (Å²) in [6.07, 6.45) is 4.07. The molecule has 0 amide bonds. The van der Waals surface area contributed by atoms with Gasteiger partial charge in [0.25, 0.3) is 0 Å². The van der Waals surface area contributed by atoms with Crippen LogP contribution in [0.1, 0.15) is 47.5 Å². The molecule has 2 heteroatoms. The van der Waals surface area contributed by atoms with Gasteiger partial charge in [-0.25, -0.2) is 0 Å². The van der Waals surface area contributed by atoms with E-state index < -0.39 is 0 Å². The third-order valence-electron chi connectivity index (χ3n) is 4.88. The molecular weight excluding hydrogens is 212 g/mol. The molecule has 1 aliphatic carbocycles. The van der Waals surface area contributed by atoms with E-state index in [2.05, 4.69) is 33.8 Å². The molecular formula is C15H24O2. The van der Waals surface area contributed by atoms with Crippen LogP contribution in [0, 0.1) is 17.3 Å². The predicted octanol–water partition coefficient (Wildman–Crippen LogP) is 3.36. The number of ketones is 1. The standard InChI is InChI=1S/C15H24O2/c1-6-11(16)13-14(17-13)12-9(2)7-8-10(3)15(12,4)5/h7,10,12-14H,6,8H2,1-5H3. The fraction of sp³-hybridized carbons (Fsp3) is 0.800. The Bertz CT molecular complexity index is 354. The van der Waals surface area contributed by atoms with E-state index in [0.717, 1.165) is 6.42 Å². The first-order valence-corrected chi connectivity index (χ1v) is 6.74. The number of carbonyl (C=O) groups excluding carboxylic acids is 1. The second kappa shape index (κ2) is 4.24. The number of carbonyl (C=O) groups is 1. The fourth-order valence-electron chi connectivity index (χ4n) is 3.21. The Balaban J connectivity index is 2.17. The maximum atomic E-state index is 11.7. The van der Waals surface area contributed by atoms with Crippen LogP contribution in [0.15, 0.2) is 11.6 Å². The van der Waals surface area contributed by atoms with Gasteiger partial charge in [0, 0.05) is 12.3 Å². The zero-order valence-electron chi connectivity index (χ0n) is 11.6. The minimum absolute atomic E-state index is 0.127. The summed E-state index contributed by atoms with van der Waals surface area (Å²) in [6.45, 7) is 11.0. The molecule has 1 saturated heterocycles. The van der Waals surface area contributed by atoms with E-state index in [1.165, 1.54) is 5.57 Å². The molecule has 1 heterocycles. The van der Waals surface area contributed by atoms with Gasteiger partial charge in [0.15, 0.2) is 5.78 Å². The fourth-order valence-corrected chi connectivity index (χ4v) is 3.21. The Hall–Kier alpha value is -0.630. The van der Waals surface area contributed by atoms with Crippen molar-refractivity contribution in [3.8, 4) is 0 Å². The molecule has 0 aromatic rings. The van der Waals surface area contributed by atoms with Gasteiger partial charge >= 0.3 is 0 Å². The Kier molecular flexibility index (Phi) is 3.19. The number of ether oxygens (including phenoxy) is 1. The average Bonchev–Trinajstić information content (AvgIpc) is 3.03. The van der Waals surface area contributed by atoms with E-state index in [1.54, 1.807) is 0 Å². The lowest BCUT2D eigenvalue weighted by Crippen LogP contribution is -2.39. The number of hydrogen-bond acceptors (Lipinski definition) is 2. The molecule has 1 aliphatic heterocycles. The van der Waals surface area contributed by atoms with Crippen LogP contribution < -0.4 is 0 Å². The number of hydrogen-bond donors (Lipinski definition) is 0. The highest BCUT2D eigenvalue weighted by Gasteiger charge is 2.55. The van der Waals surface area contributed by atoms with Crippen molar-refractivity contribution in [3.63, 3.8) is 0 Å². The van der Waals surface area contributed by atoms with Gasteiger partial charge in [-0.15, -0.1) is 0 Å². The summed E-state index contributed by atoms with van der Waals surface area (Å²) in [5.41, 5.74) is 1.64. The quantitative estimate of drug-likeness (QED) is 0.555. The molecule has 4 unspecified atom stereocenters. The largest absolute Gasteiger partial charge is 0.361 e. The van der Waals surface area contributed by atoms with Gasteiger partial charge < -0.3 is 4.74 Å². The molecule has 2 rings (SSSR count). The summed E-state index contributed by atoms with van der Waals surface area (Å²) in [7, 11) is 0. The molecule has 2 nitrogen and oxygen atoms in total. The molecule has 17 heavy (non-hydrogen) atoms. The molecule has 0 spiro atoms. The second-order valence-electron chi connectivity index (χ2n) is 6.23. The highest BCUT2D eigenvalue weighted by molar-refractivity contribution is 5.85. The van der Waals surface area contributed by atoms with Gasteiger partial charge in [-0.1, -0.05) is 39.3 Å². The predicted molar refractivity (Wildman–Crippen MR) is 68.8 cm³/mol. The molecule has 96 valence electrons. The van der Waals surface area contributed by atoms with E-state index in [4.69, 9.17) is 4.74 Å². The van der Waals surface area contributed by atoms with Gasteiger partial charge in [0.05, 0.1) is 6.10 Å². The zero-order chi connectivity index (χ0) is 12.8. The number of rotatable bonds is 3. The topological polar surface area (TPSA) is 29.6 Å². The first-order chi connectivity index (χ1) is 7.89. The summed E-state index contributed by atoms with van der Waals surface area (Å²) >= 11 is 0. The maximum absolute atomic E-state index is 11.7. The summed E-state index contributed by atoms with van der Waals surface area (Å²) < 4.78 is 5.67. The van der Waals surface area contributed by atoms with E-state index in [9.17, 15) is 4.79 Å². The lowest BCUT2D eigenvalue weighted by atomic mass is 9.61. The van der Waals surface area contributed by atoms with Crippen molar-refractivity contribution in [1.29, 1.82) is 0 Å². The van der Waals surface area contributed by atoms with Crippen LogP contribution in [0.2, 0.25) is 0 Å². The molecule has 0 N–H and O–H groups in total. The van der Waals surface area contributed by atoms with Crippen LogP contribution in [-0.2, 0) is 9.53 Å². The molecule has 0 aromatic heterocycles. The van der Waals surface area contributed by atoms with Gasteiger partial charge in [0.2, 0.25) is 0 Å². The molecule has 2 aliphatic rings. The normalized spacial score (nSPS) is 39.7. The van der Waals surface area contributed by atoms with Crippen LogP contribution in [0.25, 0.3) is 0 Å². The minimum atomic E-state index is -0.127. The zero-order valence-corrected chi connectivity index (χ0v) is 11.6. The Morgan fingerprint density at radius 1 is 1.53 bits per heavy atom. The maximum Gasteiger partial charge on any atom is 0.164 e. The van der Waals surface area contributed by atoms with Crippen LogP contribution >= 0.6 is 0 Å². The van der Waals surface area contributed by atoms with Crippen molar-refractivity contribution < 1.29 is 9.53 Å². The Morgan fingerprint density at radius 3 is 2.76 bits per heavy atom. The van der Waals surface area contributed by atoms with Crippen molar-refractivity contribution in [2.45, 2.75) is 59.7 Å². The van der Waals surface area contributed by atoms with Crippen molar-refractivity contribution in [2.75, 3.05) is 0 Å². The monoisotopic (exact) mass is 236 g/mol. The summed E-state index contributed by atoms with van der Waals surface area (Å²) in [6, 6.07) is 0. The van der Waals surface area contributed by atoms with E-state index in [-0.39, 0.29) is 23.4 Å². The smallest absolute Gasteiger partial charge is 0.164 e. The molecule has 1 fully saturated rings. The van der Waals surface area contributed by atoms with Crippen LogP contribution in [0.3, 0.4) is 0 Å².